The second kappa shape index (κ2) is 5.27. The van der Waals surface area contributed by atoms with Crippen LogP contribution in [0.3, 0.4) is 0 Å². The van der Waals surface area contributed by atoms with Gasteiger partial charge in [-0.25, -0.2) is 0 Å². The van der Waals surface area contributed by atoms with Crippen LogP contribution >= 0.6 is 12.2 Å². The maximum absolute atomic E-state index is 12.0. The van der Waals surface area contributed by atoms with Crippen LogP contribution < -0.4 is 5.56 Å². The van der Waals surface area contributed by atoms with E-state index in [1.807, 2.05) is 4.90 Å². The molecule has 1 aliphatic heterocycles. The number of aromatic amines is 1. The summed E-state index contributed by atoms with van der Waals surface area (Å²) in [6.07, 6.45) is 4.90. The molecule has 0 unspecified atom stereocenters. The minimum atomic E-state index is -0.239. The van der Waals surface area contributed by atoms with Crippen molar-refractivity contribution in [2.45, 2.75) is 25.8 Å². The zero-order valence-corrected chi connectivity index (χ0v) is 10.3. The molecular formula is C11H15N3O2S. The van der Waals surface area contributed by atoms with E-state index in [1.54, 1.807) is 10.8 Å². The summed E-state index contributed by atoms with van der Waals surface area (Å²) in [5.41, 5.74) is -0.239. The lowest BCUT2D eigenvalue weighted by atomic mass is 10.1. The van der Waals surface area contributed by atoms with Gasteiger partial charge >= 0.3 is 0 Å². The van der Waals surface area contributed by atoms with Gasteiger partial charge in [0.05, 0.1) is 0 Å². The number of H-pyrrole nitrogens is 1. The maximum atomic E-state index is 12.0. The molecule has 0 aliphatic carbocycles. The van der Waals surface area contributed by atoms with Gasteiger partial charge in [0, 0.05) is 25.4 Å². The van der Waals surface area contributed by atoms with E-state index in [0.29, 0.717) is 4.77 Å². The fraction of sp³-hybridized carbons (Fsp3) is 0.545. The number of hydrogen-bond acceptors (Lipinski definition) is 3. The third kappa shape index (κ3) is 3.03. The van der Waals surface area contributed by atoms with Crippen LogP contribution in [0.15, 0.2) is 17.1 Å². The van der Waals surface area contributed by atoms with Crippen molar-refractivity contribution >= 4 is 18.1 Å². The third-order valence-electron chi connectivity index (χ3n) is 2.91. The van der Waals surface area contributed by atoms with Crippen LogP contribution in [-0.4, -0.2) is 33.4 Å². The summed E-state index contributed by atoms with van der Waals surface area (Å²) in [6, 6.07) is 1.37. The van der Waals surface area contributed by atoms with E-state index in [0.717, 1.165) is 25.9 Å². The van der Waals surface area contributed by atoms with Gasteiger partial charge in [-0.3, -0.25) is 14.6 Å². The number of piperidine rings is 1. The van der Waals surface area contributed by atoms with Gasteiger partial charge in [0.2, 0.25) is 5.91 Å². The van der Waals surface area contributed by atoms with Crippen molar-refractivity contribution in [1.29, 1.82) is 0 Å². The van der Waals surface area contributed by atoms with Gasteiger partial charge in [-0.05, 0) is 31.5 Å². The second-order valence-corrected chi connectivity index (χ2v) is 4.57. The van der Waals surface area contributed by atoms with Crippen molar-refractivity contribution in [2.24, 2.45) is 0 Å². The molecule has 0 aromatic carbocycles. The highest BCUT2D eigenvalue weighted by atomic mass is 32.1. The molecule has 1 aromatic rings. The Balaban J connectivity index is 2.07. The number of aromatic nitrogens is 2. The van der Waals surface area contributed by atoms with Gasteiger partial charge in [0.25, 0.3) is 5.56 Å². The van der Waals surface area contributed by atoms with Gasteiger partial charge in [0.15, 0.2) is 4.77 Å². The molecule has 0 spiro atoms. The van der Waals surface area contributed by atoms with E-state index < -0.39 is 0 Å². The molecule has 1 fully saturated rings. The monoisotopic (exact) mass is 253 g/mol. The summed E-state index contributed by atoms with van der Waals surface area (Å²) in [5, 5.41) is 0. The van der Waals surface area contributed by atoms with Crippen LogP contribution in [0.4, 0.5) is 0 Å². The summed E-state index contributed by atoms with van der Waals surface area (Å²) in [4.78, 5) is 27.3. The molecule has 0 atom stereocenters. The Labute approximate surface area is 104 Å². The number of likely N-dealkylation sites (tertiary alicyclic amines) is 1. The molecule has 1 aromatic heterocycles. The van der Waals surface area contributed by atoms with Crippen LogP contribution in [-0.2, 0) is 11.3 Å². The van der Waals surface area contributed by atoms with Crippen molar-refractivity contribution in [3.63, 3.8) is 0 Å². The van der Waals surface area contributed by atoms with E-state index in [1.165, 1.54) is 12.5 Å². The molecule has 0 bridgehead atoms. The lowest BCUT2D eigenvalue weighted by molar-refractivity contribution is -0.132. The van der Waals surface area contributed by atoms with E-state index in [9.17, 15) is 9.59 Å². The van der Waals surface area contributed by atoms with Crippen molar-refractivity contribution < 1.29 is 4.79 Å². The minimum absolute atomic E-state index is 0.0628. The highest BCUT2D eigenvalue weighted by Gasteiger charge is 2.16. The zero-order chi connectivity index (χ0) is 12.3. The van der Waals surface area contributed by atoms with Crippen LogP contribution in [0.2, 0.25) is 0 Å². The lowest BCUT2D eigenvalue weighted by Gasteiger charge is -2.26. The number of nitrogens with one attached hydrogen (secondary N) is 1. The van der Waals surface area contributed by atoms with Crippen LogP contribution in [0.25, 0.3) is 0 Å². The van der Waals surface area contributed by atoms with Crippen LogP contribution in [0, 0.1) is 4.77 Å². The third-order valence-corrected chi connectivity index (χ3v) is 3.25. The SMILES string of the molecule is O=C(Cn1ccc(=O)[nH]c1=S)N1CCCCC1. The number of carbonyl (C=O) groups is 1. The van der Waals surface area contributed by atoms with E-state index >= 15 is 0 Å². The molecule has 1 amide bonds. The number of amides is 1. The number of rotatable bonds is 2. The first-order chi connectivity index (χ1) is 8.16. The smallest absolute Gasteiger partial charge is 0.251 e. The largest absolute Gasteiger partial charge is 0.341 e. The summed E-state index contributed by atoms with van der Waals surface area (Å²) in [6.45, 7) is 1.86. The second-order valence-electron chi connectivity index (χ2n) is 4.18. The van der Waals surface area contributed by atoms with E-state index in [-0.39, 0.29) is 18.0 Å². The predicted molar refractivity (Wildman–Crippen MR) is 66.3 cm³/mol. The average molecular weight is 253 g/mol. The summed E-state index contributed by atoms with van der Waals surface area (Å²) >= 11 is 5.00. The fourth-order valence-electron chi connectivity index (χ4n) is 1.96. The molecule has 17 heavy (non-hydrogen) atoms. The first kappa shape index (κ1) is 12.0. The topological polar surface area (TPSA) is 58.1 Å². The molecule has 0 radical (unpaired) electrons. The molecule has 6 heteroatoms. The Kier molecular flexibility index (Phi) is 3.73. The first-order valence-electron chi connectivity index (χ1n) is 5.74. The van der Waals surface area contributed by atoms with E-state index in [4.69, 9.17) is 12.2 Å². The van der Waals surface area contributed by atoms with Gasteiger partial charge in [-0.15, -0.1) is 0 Å². The molecule has 92 valence electrons. The van der Waals surface area contributed by atoms with Crippen LogP contribution in [0.5, 0.6) is 0 Å². The lowest BCUT2D eigenvalue weighted by Crippen LogP contribution is -2.38. The van der Waals surface area contributed by atoms with Gasteiger partial charge in [-0.1, -0.05) is 0 Å². The summed E-state index contributed by atoms with van der Waals surface area (Å²) < 4.78 is 1.89. The van der Waals surface area contributed by atoms with Crippen molar-refractivity contribution in [3.05, 3.63) is 27.4 Å². The van der Waals surface area contributed by atoms with Crippen molar-refractivity contribution in [2.75, 3.05) is 13.1 Å². The first-order valence-corrected chi connectivity index (χ1v) is 6.15. The van der Waals surface area contributed by atoms with Gasteiger partial charge < -0.3 is 9.47 Å². The number of carbonyl (C=O) groups excluding carboxylic acids is 1. The van der Waals surface area contributed by atoms with Gasteiger partial charge in [0.1, 0.15) is 6.54 Å². The normalized spacial score (nSPS) is 15.9. The number of hydrogen-bond donors (Lipinski definition) is 1. The minimum Gasteiger partial charge on any atom is -0.341 e. The number of nitrogens with zero attached hydrogens (tertiary/aromatic N) is 2. The Hall–Kier alpha value is -1.43. The predicted octanol–water partition coefficient (Wildman–Crippen LogP) is 0.918. The standard InChI is InChI=1S/C11H15N3O2S/c15-9-4-7-14(11(17)12-9)8-10(16)13-5-2-1-3-6-13/h4,7H,1-3,5-6,8H2,(H,12,15,17). The highest BCUT2D eigenvalue weighted by Crippen LogP contribution is 2.09. The molecular weight excluding hydrogens is 238 g/mol. The van der Waals surface area contributed by atoms with Crippen LogP contribution in [0.1, 0.15) is 19.3 Å². The molecule has 2 heterocycles. The van der Waals surface area contributed by atoms with Crippen molar-refractivity contribution in [3.8, 4) is 0 Å². The fourth-order valence-corrected chi connectivity index (χ4v) is 2.18. The zero-order valence-electron chi connectivity index (χ0n) is 9.52. The average Bonchev–Trinajstić information content (AvgIpc) is 2.34. The highest BCUT2D eigenvalue weighted by molar-refractivity contribution is 7.71. The molecule has 5 nitrogen and oxygen atoms in total. The van der Waals surface area contributed by atoms with E-state index in [2.05, 4.69) is 4.98 Å². The quantitative estimate of drug-likeness (QED) is 0.797. The van der Waals surface area contributed by atoms with Crippen molar-refractivity contribution in [1.82, 2.24) is 14.5 Å². The molecule has 0 saturated carbocycles. The molecule has 1 saturated heterocycles. The summed E-state index contributed by atoms with van der Waals surface area (Å²) in [7, 11) is 0. The maximum Gasteiger partial charge on any atom is 0.251 e. The Morgan fingerprint density at radius 2 is 2.06 bits per heavy atom. The molecule has 1 aliphatic rings. The molecule has 2 rings (SSSR count). The molecule has 1 N–H and O–H groups in total. The Morgan fingerprint density at radius 1 is 1.35 bits per heavy atom. The Bertz CT molecular complexity index is 514. The Morgan fingerprint density at radius 3 is 2.71 bits per heavy atom. The summed E-state index contributed by atoms with van der Waals surface area (Å²) in [5.74, 6) is 0.0628. The van der Waals surface area contributed by atoms with Gasteiger partial charge in [-0.2, -0.15) is 0 Å².